The van der Waals surface area contributed by atoms with Crippen LogP contribution in [-0.2, 0) is 0 Å². The summed E-state index contributed by atoms with van der Waals surface area (Å²) in [4.78, 5) is 8.10. The lowest BCUT2D eigenvalue weighted by molar-refractivity contribution is -0.0671. The second-order valence-electron chi connectivity index (χ2n) is 5.00. The maximum atomic E-state index is 10.5. The van der Waals surface area contributed by atoms with Crippen LogP contribution in [0.2, 0.25) is 5.15 Å². The summed E-state index contributed by atoms with van der Waals surface area (Å²) in [6.07, 6.45) is 2.09. The van der Waals surface area contributed by atoms with Crippen molar-refractivity contribution in [1.29, 1.82) is 0 Å². The summed E-state index contributed by atoms with van der Waals surface area (Å²) in [5.74, 6) is 0. The molecule has 20 heavy (non-hydrogen) atoms. The van der Waals surface area contributed by atoms with Gasteiger partial charge >= 0.3 is 0 Å². The average Bonchev–Trinajstić information content (AvgIpc) is 2.92. The largest absolute Gasteiger partial charge is 0.395 e. The van der Waals surface area contributed by atoms with Crippen LogP contribution < -0.4 is 0 Å². The highest BCUT2D eigenvalue weighted by Gasteiger charge is 2.52. The molecule has 1 aliphatic heterocycles. The van der Waals surface area contributed by atoms with Gasteiger partial charge in [0.05, 0.1) is 23.3 Å². The first kappa shape index (κ1) is 14.1. The van der Waals surface area contributed by atoms with Crippen LogP contribution in [0.25, 0.3) is 11.0 Å². The van der Waals surface area contributed by atoms with E-state index in [9.17, 15) is 15.3 Å². The number of aliphatic hydroxyl groups excluding tert-OH is 2. The molecule has 2 aromatic heterocycles. The molecule has 0 aliphatic carbocycles. The van der Waals surface area contributed by atoms with E-state index in [2.05, 4.69) is 9.97 Å². The minimum absolute atomic E-state index is 0.201. The summed E-state index contributed by atoms with van der Waals surface area (Å²) in [6, 6.07) is 1.77. The number of hydrogen-bond donors (Lipinski definition) is 3. The molecule has 108 valence electrons. The highest BCUT2D eigenvalue weighted by molar-refractivity contribution is 8.00. The molecule has 1 saturated heterocycles. The third kappa shape index (κ3) is 1.93. The quantitative estimate of drug-likeness (QED) is 0.710. The van der Waals surface area contributed by atoms with Crippen molar-refractivity contribution in [3.05, 3.63) is 23.7 Å². The molecular formula is C12H14ClN3O3S. The van der Waals surface area contributed by atoms with Crippen molar-refractivity contribution >= 4 is 34.4 Å². The number of aromatic nitrogens is 3. The van der Waals surface area contributed by atoms with Gasteiger partial charge in [-0.05, 0) is 13.0 Å². The summed E-state index contributed by atoms with van der Waals surface area (Å²) in [7, 11) is 0. The monoisotopic (exact) mass is 315 g/mol. The first-order chi connectivity index (χ1) is 9.46. The number of halogens is 1. The van der Waals surface area contributed by atoms with Gasteiger partial charge in [0.25, 0.3) is 0 Å². The van der Waals surface area contributed by atoms with E-state index in [1.807, 2.05) is 0 Å². The summed E-state index contributed by atoms with van der Waals surface area (Å²) in [5, 5.41) is 30.1. The minimum Gasteiger partial charge on any atom is -0.395 e. The van der Waals surface area contributed by atoms with Gasteiger partial charge in [-0.2, -0.15) is 0 Å². The van der Waals surface area contributed by atoms with Crippen LogP contribution >= 0.6 is 23.4 Å². The van der Waals surface area contributed by atoms with Crippen LogP contribution in [0.1, 0.15) is 12.3 Å². The minimum atomic E-state index is -1.37. The van der Waals surface area contributed by atoms with Crippen molar-refractivity contribution < 1.29 is 15.3 Å². The number of fused-ring (bicyclic) bond motifs is 1. The van der Waals surface area contributed by atoms with Crippen molar-refractivity contribution in [3.63, 3.8) is 0 Å². The zero-order valence-electron chi connectivity index (χ0n) is 10.6. The summed E-state index contributed by atoms with van der Waals surface area (Å²) >= 11 is 7.32. The third-order valence-corrected chi connectivity index (χ3v) is 5.67. The summed E-state index contributed by atoms with van der Waals surface area (Å²) in [6.45, 7) is 1.35. The Bertz CT molecular complexity index is 648. The maximum absolute atomic E-state index is 10.5. The second kappa shape index (κ2) is 4.85. The van der Waals surface area contributed by atoms with Gasteiger partial charge in [0.1, 0.15) is 28.1 Å². The molecule has 0 aromatic carbocycles. The molecule has 2 aromatic rings. The van der Waals surface area contributed by atoms with Crippen molar-refractivity contribution in [1.82, 2.24) is 14.5 Å². The van der Waals surface area contributed by atoms with E-state index in [4.69, 9.17) is 11.6 Å². The Morgan fingerprint density at radius 3 is 2.90 bits per heavy atom. The molecule has 0 spiro atoms. The smallest absolute Gasteiger partial charge is 0.145 e. The second-order valence-corrected chi connectivity index (χ2v) is 6.69. The zero-order valence-corrected chi connectivity index (χ0v) is 12.2. The van der Waals surface area contributed by atoms with E-state index in [0.29, 0.717) is 16.2 Å². The number of thioether (sulfide) groups is 1. The fourth-order valence-electron chi connectivity index (χ4n) is 2.52. The van der Waals surface area contributed by atoms with Crippen molar-refractivity contribution in [2.75, 3.05) is 6.61 Å². The molecular weight excluding hydrogens is 302 g/mol. The van der Waals surface area contributed by atoms with Crippen LogP contribution in [0, 0.1) is 0 Å². The molecule has 1 aliphatic rings. The summed E-state index contributed by atoms with van der Waals surface area (Å²) < 4.78 is 1.76. The van der Waals surface area contributed by atoms with Crippen molar-refractivity contribution in [2.24, 2.45) is 0 Å². The van der Waals surface area contributed by atoms with Crippen LogP contribution in [0.5, 0.6) is 0 Å². The van der Waals surface area contributed by atoms with E-state index in [-0.39, 0.29) is 6.61 Å². The first-order valence-corrected chi connectivity index (χ1v) is 7.42. The van der Waals surface area contributed by atoms with Gasteiger partial charge in [0, 0.05) is 6.20 Å². The number of hydrogen-bond acceptors (Lipinski definition) is 6. The molecule has 0 radical (unpaired) electrons. The number of nitrogens with zero attached hydrogens (tertiary/aromatic N) is 3. The Morgan fingerprint density at radius 1 is 1.50 bits per heavy atom. The fraction of sp³-hybridized carbons (Fsp3) is 0.500. The molecule has 4 atom stereocenters. The molecule has 3 rings (SSSR count). The standard InChI is InChI=1S/C12H14ClN3O3S/c1-12(19)8(18)7(4-17)20-11(12)16-3-2-6-9(13)14-5-15-10(6)16/h2-3,5,7-8,11,17-19H,4H2,1H3/t7-,8+,11-,12+/m0/s1. The fourth-order valence-corrected chi connectivity index (χ4v) is 4.27. The lowest BCUT2D eigenvalue weighted by atomic mass is 9.96. The molecule has 0 amide bonds. The molecule has 3 N–H and O–H groups in total. The Morgan fingerprint density at radius 2 is 2.25 bits per heavy atom. The Hall–Kier alpha value is -0.860. The van der Waals surface area contributed by atoms with E-state index >= 15 is 0 Å². The molecule has 6 nitrogen and oxygen atoms in total. The summed E-state index contributed by atoms with van der Waals surface area (Å²) in [5.41, 5.74) is -0.782. The molecule has 3 heterocycles. The van der Waals surface area contributed by atoms with Crippen LogP contribution in [0.3, 0.4) is 0 Å². The molecule has 0 saturated carbocycles. The Kier molecular flexibility index (Phi) is 3.42. The maximum Gasteiger partial charge on any atom is 0.145 e. The topological polar surface area (TPSA) is 91.4 Å². The molecule has 0 bridgehead atoms. The van der Waals surface area contributed by atoms with E-state index in [0.717, 1.165) is 0 Å². The van der Waals surface area contributed by atoms with Gasteiger partial charge in [-0.3, -0.25) is 0 Å². The van der Waals surface area contributed by atoms with Crippen molar-refractivity contribution in [2.45, 2.75) is 29.3 Å². The van der Waals surface area contributed by atoms with E-state index in [1.165, 1.54) is 18.1 Å². The highest BCUT2D eigenvalue weighted by Crippen LogP contribution is 2.49. The van der Waals surface area contributed by atoms with Crippen LogP contribution in [0.4, 0.5) is 0 Å². The zero-order chi connectivity index (χ0) is 14.5. The average molecular weight is 316 g/mol. The van der Waals surface area contributed by atoms with E-state index < -0.39 is 22.3 Å². The van der Waals surface area contributed by atoms with Gasteiger partial charge in [-0.25, -0.2) is 9.97 Å². The SMILES string of the molecule is C[C@@]1(O)[C@H](O)[C@H](CO)S[C@@H]1n1ccc2c(Cl)ncnc21. The molecule has 0 unspecified atom stereocenters. The lowest BCUT2D eigenvalue weighted by Gasteiger charge is -2.29. The first-order valence-electron chi connectivity index (χ1n) is 6.10. The predicted octanol–water partition coefficient (Wildman–Crippen LogP) is 0.803. The van der Waals surface area contributed by atoms with E-state index in [1.54, 1.807) is 23.8 Å². The molecule has 8 heteroatoms. The third-order valence-electron chi connectivity index (χ3n) is 3.65. The number of rotatable bonds is 2. The predicted molar refractivity (Wildman–Crippen MR) is 76.7 cm³/mol. The van der Waals surface area contributed by atoms with Gasteiger partial charge < -0.3 is 19.9 Å². The highest BCUT2D eigenvalue weighted by atomic mass is 35.5. The van der Waals surface area contributed by atoms with Gasteiger partial charge in [-0.15, -0.1) is 11.8 Å². The lowest BCUT2D eigenvalue weighted by Crippen LogP contribution is -2.44. The Balaban J connectivity index is 2.10. The number of aliphatic hydroxyl groups is 3. The van der Waals surface area contributed by atoms with Gasteiger partial charge in [0.15, 0.2) is 0 Å². The van der Waals surface area contributed by atoms with Crippen molar-refractivity contribution in [3.8, 4) is 0 Å². The Labute approximate surface area is 124 Å². The van der Waals surface area contributed by atoms with Crippen LogP contribution in [0.15, 0.2) is 18.6 Å². The molecule has 1 fully saturated rings. The van der Waals surface area contributed by atoms with Gasteiger partial charge in [-0.1, -0.05) is 11.6 Å². The van der Waals surface area contributed by atoms with Gasteiger partial charge in [0.2, 0.25) is 0 Å². The van der Waals surface area contributed by atoms with Crippen LogP contribution in [-0.4, -0.2) is 53.4 Å². The normalized spacial score (nSPS) is 34.0.